The van der Waals surface area contributed by atoms with Gasteiger partial charge >= 0.3 is 0 Å². The number of hydrogen-bond acceptors (Lipinski definition) is 2. The van der Waals surface area contributed by atoms with E-state index in [9.17, 15) is 0 Å². The Hall–Kier alpha value is -7.04. The van der Waals surface area contributed by atoms with Crippen LogP contribution in [0.5, 0.6) is 0 Å². The maximum Gasteiger partial charge on any atom is 0.235 e. The molecule has 4 aromatic heterocycles. The third-order valence-electron chi connectivity index (χ3n) is 12.6. The summed E-state index contributed by atoms with van der Waals surface area (Å²) in [6.07, 6.45) is 0. The molecule has 4 heteroatoms. The van der Waals surface area contributed by atoms with Crippen molar-refractivity contribution in [1.29, 1.82) is 0 Å². The lowest BCUT2D eigenvalue weighted by atomic mass is 9.82. The molecule has 0 bridgehead atoms. The fraction of sp³-hybridized carbons (Fsp3) is 0.0588. The minimum Gasteiger partial charge on any atom is -0.307 e. The maximum absolute atomic E-state index is 5.57. The molecule has 13 rings (SSSR count). The van der Waals surface area contributed by atoms with Crippen molar-refractivity contribution in [2.24, 2.45) is 0 Å². The zero-order valence-corrected chi connectivity index (χ0v) is 30.3. The third kappa shape index (κ3) is 3.57. The van der Waals surface area contributed by atoms with Gasteiger partial charge in [-0.1, -0.05) is 147 Å². The second kappa shape index (κ2) is 10.1. The topological polar surface area (TPSA) is 35.1 Å². The number of rotatable bonds is 2. The quantitative estimate of drug-likeness (QED) is 0.168. The summed E-state index contributed by atoms with van der Waals surface area (Å²) in [4.78, 5) is 11.1. The second-order valence-corrected chi connectivity index (χ2v) is 15.7. The van der Waals surface area contributed by atoms with Crippen LogP contribution in [-0.2, 0) is 5.41 Å². The Morgan fingerprint density at radius 1 is 0.473 bits per heavy atom. The number of fused-ring (bicyclic) bond motifs is 12. The third-order valence-corrected chi connectivity index (χ3v) is 12.6. The zero-order valence-electron chi connectivity index (χ0n) is 30.3. The van der Waals surface area contributed by atoms with E-state index in [4.69, 9.17) is 9.97 Å². The van der Waals surface area contributed by atoms with Crippen LogP contribution in [0.2, 0.25) is 0 Å². The van der Waals surface area contributed by atoms with Gasteiger partial charge in [0.05, 0.1) is 38.8 Å². The molecule has 12 aromatic rings. The Bertz CT molecular complexity index is 3620. The van der Waals surface area contributed by atoms with E-state index in [0.29, 0.717) is 5.95 Å². The Morgan fingerprint density at radius 2 is 1.16 bits per heavy atom. The van der Waals surface area contributed by atoms with Crippen molar-refractivity contribution in [1.82, 2.24) is 18.9 Å². The summed E-state index contributed by atoms with van der Waals surface area (Å²) < 4.78 is 4.95. The standard InChI is InChI=1S/C51H32N4/c1-51(2)38-23-10-8-19-36(38)43-39(51)28-42-45-44-33(35-22-12-21-34-32-18-9-11-24-40(32)55(48(34)35)49(43)45)20-13-25-41(44)54(42)50-52-46(30-15-4-3-5-16-30)37-27-26-29-14-6-7-17-31(29)47(37)53-50/h3-28H,1-2H3. The summed E-state index contributed by atoms with van der Waals surface area (Å²) in [7, 11) is 0. The van der Waals surface area contributed by atoms with Crippen molar-refractivity contribution >= 4 is 81.6 Å². The molecule has 0 aliphatic heterocycles. The first-order valence-electron chi connectivity index (χ1n) is 19.1. The molecular formula is C51H32N4. The van der Waals surface area contributed by atoms with Crippen LogP contribution < -0.4 is 0 Å². The van der Waals surface area contributed by atoms with Crippen molar-refractivity contribution in [3.8, 4) is 28.3 Å². The van der Waals surface area contributed by atoms with Gasteiger partial charge in [-0.3, -0.25) is 4.57 Å². The van der Waals surface area contributed by atoms with Crippen LogP contribution in [0.25, 0.3) is 110 Å². The van der Waals surface area contributed by atoms with Gasteiger partial charge in [0.15, 0.2) is 0 Å². The molecule has 0 saturated heterocycles. The highest BCUT2D eigenvalue weighted by Crippen LogP contribution is 2.55. The number of benzene rings is 8. The molecule has 8 aromatic carbocycles. The Balaban J connectivity index is 1.32. The lowest BCUT2D eigenvalue weighted by Gasteiger charge is -2.22. The van der Waals surface area contributed by atoms with E-state index in [1.165, 1.54) is 71.1 Å². The summed E-state index contributed by atoms with van der Waals surface area (Å²) in [6.45, 7) is 4.77. The molecular weight excluding hydrogens is 669 g/mol. The normalized spacial score (nSPS) is 13.8. The van der Waals surface area contributed by atoms with Crippen LogP contribution in [0, 0.1) is 0 Å². The molecule has 0 saturated carbocycles. The minimum absolute atomic E-state index is 0.232. The molecule has 4 nitrogen and oxygen atoms in total. The molecule has 1 aliphatic carbocycles. The first kappa shape index (κ1) is 29.4. The van der Waals surface area contributed by atoms with Crippen molar-refractivity contribution in [3.05, 3.63) is 169 Å². The molecule has 0 atom stereocenters. The fourth-order valence-corrected chi connectivity index (χ4v) is 10.3. The first-order valence-corrected chi connectivity index (χ1v) is 19.1. The Labute approximate surface area is 315 Å². The highest BCUT2D eigenvalue weighted by atomic mass is 15.2. The largest absolute Gasteiger partial charge is 0.307 e. The molecule has 0 amide bonds. The molecule has 0 spiro atoms. The second-order valence-electron chi connectivity index (χ2n) is 15.7. The van der Waals surface area contributed by atoms with Gasteiger partial charge in [0.2, 0.25) is 5.95 Å². The van der Waals surface area contributed by atoms with Crippen molar-refractivity contribution in [2.45, 2.75) is 19.3 Å². The van der Waals surface area contributed by atoms with Crippen LogP contribution in [-0.4, -0.2) is 18.9 Å². The van der Waals surface area contributed by atoms with Gasteiger partial charge in [-0.05, 0) is 51.7 Å². The van der Waals surface area contributed by atoms with Gasteiger partial charge in [-0.25, -0.2) is 9.97 Å². The van der Waals surface area contributed by atoms with Gasteiger partial charge in [0.1, 0.15) is 0 Å². The lowest BCUT2D eigenvalue weighted by Crippen LogP contribution is -2.15. The predicted molar refractivity (Wildman–Crippen MR) is 229 cm³/mol. The van der Waals surface area contributed by atoms with E-state index < -0.39 is 0 Å². The van der Waals surface area contributed by atoms with Crippen LogP contribution >= 0.6 is 0 Å². The molecule has 0 radical (unpaired) electrons. The monoisotopic (exact) mass is 700 g/mol. The van der Waals surface area contributed by atoms with E-state index >= 15 is 0 Å². The van der Waals surface area contributed by atoms with Crippen molar-refractivity contribution < 1.29 is 0 Å². The smallest absolute Gasteiger partial charge is 0.235 e. The Morgan fingerprint density at radius 3 is 2.05 bits per heavy atom. The van der Waals surface area contributed by atoms with Crippen molar-refractivity contribution in [3.63, 3.8) is 0 Å². The van der Waals surface area contributed by atoms with Gasteiger partial charge < -0.3 is 4.40 Å². The molecule has 1 aliphatic rings. The lowest BCUT2D eigenvalue weighted by molar-refractivity contribution is 0.661. The summed E-state index contributed by atoms with van der Waals surface area (Å²) in [5.74, 6) is 0.676. The van der Waals surface area contributed by atoms with E-state index in [2.05, 4.69) is 181 Å². The van der Waals surface area contributed by atoms with Crippen LogP contribution in [0.4, 0.5) is 0 Å². The minimum atomic E-state index is -0.232. The number of hydrogen-bond donors (Lipinski definition) is 0. The average Bonchev–Trinajstić information content (AvgIpc) is 3.79. The van der Waals surface area contributed by atoms with Gasteiger partial charge in [-0.15, -0.1) is 0 Å². The molecule has 256 valence electrons. The van der Waals surface area contributed by atoms with Gasteiger partial charge in [-0.2, -0.15) is 0 Å². The number of nitrogens with zero attached hydrogens (tertiary/aromatic N) is 4. The van der Waals surface area contributed by atoms with Crippen LogP contribution in [0.1, 0.15) is 25.0 Å². The van der Waals surface area contributed by atoms with Gasteiger partial charge in [0, 0.05) is 54.2 Å². The van der Waals surface area contributed by atoms with Gasteiger partial charge in [0.25, 0.3) is 0 Å². The molecule has 0 unspecified atom stereocenters. The van der Waals surface area contributed by atoms with Crippen LogP contribution in [0.3, 0.4) is 0 Å². The van der Waals surface area contributed by atoms with Crippen LogP contribution in [0.15, 0.2) is 158 Å². The van der Waals surface area contributed by atoms with Crippen molar-refractivity contribution in [2.75, 3.05) is 0 Å². The fourth-order valence-electron chi connectivity index (χ4n) is 10.3. The number of aromatic nitrogens is 4. The predicted octanol–water partition coefficient (Wildman–Crippen LogP) is 13.0. The summed E-state index contributed by atoms with van der Waals surface area (Å²) in [5.41, 5.74) is 14.0. The number of para-hydroxylation sites is 2. The summed E-state index contributed by atoms with van der Waals surface area (Å²) in [6, 6.07) is 57.6. The van der Waals surface area contributed by atoms with E-state index in [0.717, 1.165) is 44.0 Å². The molecule has 0 N–H and O–H groups in total. The zero-order chi connectivity index (χ0) is 36.2. The first-order chi connectivity index (χ1) is 27.1. The average molecular weight is 701 g/mol. The highest BCUT2D eigenvalue weighted by Gasteiger charge is 2.39. The summed E-state index contributed by atoms with van der Waals surface area (Å²) in [5, 5.41) is 10.8. The molecule has 0 fully saturated rings. The van der Waals surface area contributed by atoms with E-state index in [1.54, 1.807) is 0 Å². The SMILES string of the molecule is CC1(C)c2ccccc2-c2c1cc1c3c4c(cccc4n1-c1nc(-c4ccccc4)c4ccc5ccccc5c4n1)c1cccc4c5ccccc5n(c23)c14. The maximum atomic E-state index is 5.57. The van der Waals surface area contributed by atoms with E-state index in [-0.39, 0.29) is 5.41 Å². The molecule has 4 heterocycles. The Kier molecular flexibility index (Phi) is 5.42. The van der Waals surface area contributed by atoms with E-state index in [1.807, 2.05) is 0 Å². The highest BCUT2D eigenvalue weighted by molar-refractivity contribution is 6.33. The summed E-state index contributed by atoms with van der Waals surface area (Å²) >= 11 is 0. The molecule has 55 heavy (non-hydrogen) atoms.